The van der Waals surface area contributed by atoms with Crippen LogP contribution in [0.4, 0.5) is 0 Å². The van der Waals surface area contributed by atoms with Crippen LogP contribution in [-0.2, 0) is 11.4 Å². The average Bonchev–Trinajstić information content (AvgIpc) is 2.38. The van der Waals surface area contributed by atoms with Crippen LogP contribution in [0.3, 0.4) is 0 Å². The Morgan fingerprint density at radius 1 is 1.00 bits per heavy atom. The molecule has 0 saturated carbocycles. The van der Waals surface area contributed by atoms with Gasteiger partial charge in [0.2, 0.25) is 0 Å². The van der Waals surface area contributed by atoms with Crippen LogP contribution in [0.25, 0.3) is 0 Å². The fourth-order valence-corrected chi connectivity index (χ4v) is 1.75. The summed E-state index contributed by atoms with van der Waals surface area (Å²) < 4.78 is 1.01. The summed E-state index contributed by atoms with van der Waals surface area (Å²) in [5.41, 5.74) is 2.11. The first kappa shape index (κ1) is 11.9. The van der Waals surface area contributed by atoms with Gasteiger partial charge in [-0.25, -0.2) is 0 Å². The van der Waals surface area contributed by atoms with Crippen LogP contribution >= 0.6 is 15.9 Å². The number of benzene rings is 2. The van der Waals surface area contributed by atoms with Gasteiger partial charge in [-0.15, -0.1) is 0 Å². The van der Waals surface area contributed by atoms with Crippen molar-refractivity contribution in [1.82, 2.24) is 0 Å². The topological polar surface area (TPSA) is 21.6 Å². The van der Waals surface area contributed by atoms with Gasteiger partial charge in [-0.1, -0.05) is 69.6 Å². The second-order valence-corrected chi connectivity index (χ2v) is 4.37. The van der Waals surface area contributed by atoms with Crippen molar-refractivity contribution in [2.24, 2.45) is 5.16 Å². The molecule has 2 aromatic rings. The normalized spacial score (nSPS) is 10.6. The van der Waals surface area contributed by atoms with E-state index in [1.807, 2.05) is 54.6 Å². The highest BCUT2D eigenvalue weighted by molar-refractivity contribution is 9.10. The predicted molar refractivity (Wildman–Crippen MR) is 73.0 cm³/mol. The molecular weight excluding hydrogens is 278 g/mol. The number of oxime groups is 1. The van der Waals surface area contributed by atoms with E-state index in [0.717, 1.165) is 15.6 Å². The Kier molecular flexibility index (Phi) is 4.33. The van der Waals surface area contributed by atoms with Crippen molar-refractivity contribution < 1.29 is 4.84 Å². The highest BCUT2D eigenvalue weighted by Gasteiger charge is 1.94. The van der Waals surface area contributed by atoms with Gasteiger partial charge in [-0.2, -0.15) is 0 Å². The first-order valence-electron chi connectivity index (χ1n) is 5.30. The molecule has 0 atom stereocenters. The molecular formula is C14H12BrNO. The molecule has 0 unspecified atom stereocenters. The first-order chi connectivity index (χ1) is 8.36. The van der Waals surface area contributed by atoms with Crippen LogP contribution in [0.15, 0.2) is 64.2 Å². The third-order valence-electron chi connectivity index (χ3n) is 2.25. The molecule has 3 heteroatoms. The summed E-state index contributed by atoms with van der Waals surface area (Å²) in [5.74, 6) is 0. The molecule has 0 aromatic heterocycles. The third kappa shape index (κ3) is 3.71. The van der Waals surface area contributed by atoms with Crippen LogP contribution in [0.1, 0.15) is 11.1 Å². The Morgan fingerprint density at radius 2 is 1.71 bits per heavy atom. The van der Waals surface area contributed by atoms with Crippen LogP contribution in [0.5, 0.6) is 0 Å². The largest absolute Gasteiger partial charge is 0.391 e. The van der Waals surface area contributed by atoms with Gasteiger partial charge in [0, 0.05) is 10.0 Å². The summed E-state index contributed by atoms with van der Waals surface area (Å²) in [6.45, 7) is 0.488. The molecule has 2 aromatic carbocycles. The summed E-state index contributed by atoms with van der Waals surface area (Å²) in [6.07, 6.45) is 1.70. The highest BCUT2D eigenvalue weighted by Crippen LogP contribution is 2.13. The van der Waals surface area contributed by atoms with Gasteiger partial charge in [0.25, 0.3) is 0 Å². The van der Waals surface area contributed by atoms with Crippen molar-refractivity contribution in [3.05, 3.63) is 70.2 Å². The van der Waals surface area contributed by atoms with E-state index in [1.165, 1.54) is 0 Å². The molecule has 0 spiro atoms. The Bertz CT molecular complexity index is 497. The fourth-order valence-electron chi connectivity index (χ4n) is 1.36. The molecule has 0 aliphatic rings. The number of hydrogen-bond donors (Lipinski definition) is 0. The zero-order valence-corrected chi connectivity index (χ0v) is 10.8. The van der Waals surface area contributed by atoms with Gasteiger partial charge < -0.3 is 4.84 Å². The van der Waals surface area contributed by atoms with Crippen molar-refractivity contribution in [2.45, 2.75) is 6.61 Å². The monoisotopic (exact) mass is 289 g/mol. The number of halogens is 1. The van der Waals surface area contributed by atoms with Crippen molar-refractivity contribution >= 4 is 22.1 Å². The molecule has 0 bridgehead atoms. The van der Waals surface area contributed by atoms with Crippen molar-refractivity contribution in [2.75, 3.05) is 0 Å². The lowest BCUT2D eigenvalue weighted by molar-refractivity contribution is 0.132. The lowest BCUT2D eigenvalue weighted by atomic mass is 10.2. The van der Waals surface area contributed by atoms with E-state index in [0.29, 0.717) is 6.61 Å². The zero-order chi connectivity index (χ0) is 11.9. The minimum Gasteiger partial charge on any atom is -0.391 e. The Hall–Kier alpha value is -1.61. The molecule has 17 heavy (non-hydrogen) atoms. The molecule has 0 fully saturated rings. The Morgan fingerprint density at radius 3 is 2.47 bits per heavy atom. The molecule has 0 N–H and O–H groups in total. The second kappa shape index (κ2) is 6.21. The Balaban J connectivity index is 1.89. The molecule has 2 nitrogen and oxygen atoms in total. The molecule has 0 heterocycles. The van der Waals surface area contributed by atoms with Crippen LogP contribution < -0.4 is 0 Å². The fraction of sp³-hybridized carbons (Fsp3) is 0.0714. The summed E-state index contributed by atoms with van der Waals surface area (Å²) in [7, 11) is 0. The maximum Gasteiger partial charge on any atom is 0.142 e. The zero-order valence-electron chi connectivity index (χ0n) is 9.21. The first-order valence-corrected chi connectivity index (χ1v) is 6.09. The van der Waals surface area contributed by atoms with Crippen LogP contribution in [-0.4, -0.2) is 6.21 Å². The van der Waals surface area contributed by atoms with Crippen molar-refractivity contribution in [1.29, 1.82) is 0 Å². The van der Waals surface area contributed by atoms with Crippen molar-refractivity contribution in [3.8, 4) is 0 Å². The maximum atomic E-state index is 5.23. The third-order valence-corrected chi connectivity index (χ3v) is 2.97. The maximum absolute atomic E-state index is 5.23. The lowest BCUT2D eigenvalue weighted by Gasteiger charge is -1.99. The van der Waals surface area contributed by atoms with Gasteiger partial charge in [0.05, 0.1) is 6.21 Å². The lowest BCUT2D eigenvalue weighted by Crippen LogP contribution is -1.88. The average molecular weight is 290 g/mol. The highest BCUT2D eigenvalue weighted by atomic mass is 79.9. The van der Waals surface area contributed by atoms with Crippen LogP contribution in [0, 0.1) is 0 Å². The number of hydrogen-bond acceptors (Lipinski definition) is 2. The summed E-state index contributed by atoms with van der Waals surface area (Å²) in [4.78, 5) is 5.23. The quantitative estimate of drug-likeness (QED) is 0.616. The summed E-state index contributed by atoms with van der Waals surface area (Å²) >= 11 is 3.45. The molecule has 0 aliphatic heterocycles. The van der Waals surface area contributed by atoms with Gasteiger partial charge in [-0.05, 0) is 11.6 Å². The van der Waals surface area contributed by atoms with Gasteiger partial charge in [-0.3, -0.25) is 0 Å². The second-order valence-electron chi connectivity index (χ2n) is 3.52. The standard InChI is InChI=1S/C14H12BrNO/c15-14-9-5-4-8-13(14)10-16-17-11-12-6-2-1-3-7-12/h1-10H,11H2/b16-10-. The molecule has 86 valence electrons. The summed E-state index contributed by atoms with van der Waals surface area (Å²) in [6, 6.07) is 17.8. The molecule has 0 saturated heterocycles. The number of nitrogens with zero attached hydrogens (tertiary/aromatic N) is 1. The van der Waals surface area contributed by atoms with Crippen LogP contribution in [0.2, 0.25) is 0 Å². The van der Waals surface area contributed by atoms with E-state index < -0.39 is 0 Å². The molecule has 0 aliphatic carbocycles. The Labute approximate surface area is 109 Å². The van der Waals surface area contributed by atoms with Crippen molar-refractivity contribution in [3.63, 3.8) is 0 Å². The minimum absolute atomic E-state index is 0.488. The van der Waals surface area contributed by atoms with E-state index in [9.17, 15) is 0 Å². The molecule has 0 amide bonds. The van der Waals surface area contributed by atoms with E-state index >= 15 is 0 Å². The smallest absolute Gasteiger partial charge is 0.142 e. The molecule has 0 radical (unpaired) electrons. The van der Waals surface area contributed by atoms with E-state index in [4.69, 9.17) is 4.84 Å². The number of rotatable bonds is 4. The van der Waals surface area contributed by atoms with E-state index in [1.54, 1.807) is 6.21 Å². The SMILES string of the molecule is Brc1ccccc1/C=N\OCc1ccccc1. The van der Waals surface area contributed by atoms with E-state index in [-0.39, 0.29) is 0 Å². The van der Waals surface area contributed by atoms with E-state index in [2.05, 4.69) is 21.1 Å². The minimum atomic E-state index is 0.488. The molecule has 2 rings (SSSR count). The predicted octanol–water partition coefficient (Wildman–Crippen LogP) is 4.00. The summed E-state index contributed by atoms with van der Waals surface area (Å²) in [5, 5.41) is 3.94. The van der Waals surface area contributed by atoms with Gasteiger partial charge in [0.1, 0.15) is 6.61 Å². The van der Waals surface area contributed by atoms with Gasteiger partial charge >= 0.3 is 0 Å². The van der Waals surface area contributed by atoms with Gasteiger partial charge in [0.15, 0.2) is 0 Å².